The molecule has 4 aliphatic rings. The first-order chi connectivity index (χ1) is 15.6. The quantitative estimate of drug-likeness (QED) is 0.559. The summed E-state index contributed by atoms with van der Waals surface area (Å²) in [5, 5.41) is 0. The van der Waals surface area contributed by atoms with Crippen LogP contribution in [0.25, 0.3) is 22.4 Å². The van der Waals surface area contributed by atoms with Gasteiger partial charge in [0.25, 0.3) is 0 Å². The highest BCUT2D eigenvalue weighted by Gasteiger charge is 2.72. The summed E-state index contributed by atoms with van der Waals surface area (Å²) in [5.41, 5.74) is 4.63. The Morgan fingerprint density at radius 1 is 1.06 bits per heavy atom. The molecule has 0 N–H and O–H groups in total. The number of imidazole rings is 1. The molecular weight excluding hydrogens is 396 g/mol. The molecule has 3 bridgehead atoms. The van der Waals surface area contributed by atoms with E-state index >= 15 is 0 Å². The summed E-state index contributed by atoms with van der Waals surface area (Å²) >= 11 is 0. The van der Waals surface area contributed by atoms with Crippen LogP contribution in [0.4, 0.5) is 4.79 Å². The summed E-state index contributed by atoms with van der Waals surface area (Å²) in [4.78, 5) is 24.5. The normalized spacial score (nSPS) is 33.7. The van der Waals surface area contributed by atoms with Crippen molar-refractivity contribution in [2.75, 3.05) is 7.05 Å². The van der Waals surface area contributed by atoms with Gasteiger partial charge in [-0.1, -0.05) is 24.3 Å². The summed E-state index contributed by atoms with van der Waals surface area (Å²) in [5.74, 6) is 2.62. The van der Waals surface area contributed by atoms with Gasteiger partial charge in [-0.15, -0.1) is 0 Å². The first-order valence-electron chi connectivity index (χ1n) is 11.9. The highest BCUT2D eigenvalue weighted by molar-refractivity contribution is 5.79. The maximum Gasteiger partial charge on any atom is 0.329 e. The molecule has 2 heterocycles. The van der Waals surface area contributed by atoms with Gasteiger partial charge in [-0.25, -0.2) is 9.78 Å². The summed E-state index contributed by atoms with van der Waals surface area (Å²) < 4.78 is 1.69. The van der Waals surface area contributed by atoms with Crippen LogP contribution in [-0.2, 0) is 0 Å². The fraction of sp³-hybridized carbons (Fsp3) is 0.444. The second kappa shape index (κ2) is 6.31. The Hall–Kier alpha value is -2.95. The molecule has 4 saturated carbocycles. The lowest BCUT2D eigenvalue weighted by Gasteiger charge is -2.49. The minimum atomic E-state index is 0.0561. The maximum absolute atomic E-state index is 13.6. The molecule has 5 nitrogen and oxygen atoms in total. The Kier molecular flexibility index (Phi) is 3.67. The van der Waals surface area contributed by atoms with Gasteiger partial charge in [0.1, 0.15) is 6.33 Å². The number of hydrogen-bond donors (Lipinski definition) is 0. The number of carbonyl (C=O) groups is 1. The van der Waals surface area contributed by atoms with Gasteiger partial charge in [0.05, 0.1) is 5.69 Å². The zero-order valence-corrected chi connectivity index (χ0v) is 18.4. The first-order valence-corrected chi connectivity index (χ1v) is 11.9. The van der Waals surface area contributed by atoms with E-state index in [2.05, 4.69) is 33.1 Å². The molecule has 1 amide bonds. The molecule has 5 atom stereocenters. The third kappa shape index (κ3) is 2.42. The van der Waals surface area contributed by atoms with Gasteiger partial charge in [0, 0.05) is 42.3 Å². The number of aromatic nitrogens is 3. The van der Waals surface area contributed by atoms with E-state index in [1.54, 1.807) is 17.1 Å². The van der Waals surface area contributed by atoms with Gasteiger partial charge in [0.2, 0.25) is 0 Å². The number of benzene rings is 1. The first kappa shape index (κ1) is 18.6. The maximum atomic E-state index is 13.6. The number of amides is 1. The standard InChI is InChI=1S/C27H28N4O/c1-30(26-11-18-8-22-10-23(13-26)27(22,12-18)16-26)25(32)31-15-24(29-17-31)20-5-2-4-19(9-20)21-6-3-7-28-14-21/h2-7,9,14-15,17-18,22-23H,8,10-13,16H2,1H3. The topological polar surface area (TPSA) is 51.0 Å². The third-order valence-electron chi connectivity index (χ3n) is 9.39. The van der Waals surface area contributed by atoms with Crippen molar-refractivity contribution in [3.05, 3.63) is 61.3 Å². The molecule has 3 aromatic rings. The van der Waals surface area contributed by atoms with E-state index in [4.69, 9.17) is 0 Å². The minimum absolute atomic E-state index is 0.0561. The van der Waals surface area contributed by atoms with Crippen molar-refractivity contribution >= 4 is 6.03 Å². The van der Waals surface area contributed by atoms with E-state index in [1.807, 2.05) is 37.6 Å². The largest absolute Gasteiger partial charge is 0.329 e. The molecule has 4 aliphatic carbocycles. The molecule has 5 unspecified atom stereocenters. The van der Waals surface area contributed by atoms with Gasteiger partial charge in [-0.3, -0.25) is 9.55 Å². The Balaban J connectivity index is 1.16. The zero-order chi connectivity index (χ0) is 21.5. The second-order valence-electron chi connectivity index (χ2n) is 10.8. The molecule has 4 fully saturated rings. The number of nitrogens with zero attached hydrogens (tertiary/aromatic N) is 4. The van der Waals surface area contributed by atoms with E-state index in [1.165, 1.54) is 38.5 Å². The number of hydrogen-bond acceptors (Lipinski definition) is 3. The molecule has 2 aromatic heterocycles. The predicted octanol–water partition coefficient (Wildman–Crippen LogP) is 5.48. The van der Waals surface area contributed by atoms with Gasteiger partial charge < -0.3 is 4.90 Å². The van der Waals surface area contributed by atoms with Crippen LogP contribution in [0.15, 0.2) is 61.3 Å². The highest BCUT2D eigenvalue weighted by atomic mass is 16.2. The van der Waals surface area contributed by atoms with Crippen molar-refractivity contribution in [2.45, 2.75) is 44.1 Å². The van der Waals surface area contributed by atoms with Gasteiger partial charge in [0.15, 0.2) is 0 Å². The average molecular weight is 425 g/mol. The summed E-state index contributed by atoms with van der Waals surface area (Å²) in [6, 6.07) is 12.3. The van der Waals surface area contributed by atoms with Crippen LogP contribution in [0.1, 0.15) is 38.5 Å². The van der Waals surface area contributed by atoms with Crippen LogP contribution < -0.4 is 0 Å². The number of rotatable bonds is 3. The highest BCUT2D eigenvalue weighted by Crippen LogP contribution is 2.77. The summed E-state index contributed by atoms with van der Waals surface area (Å²) in [7, 11) is 2.03. The van der Waals surface area contributed by atoms with Crippen molar-refractivity contribution in [1.82, 2.24) is 19.4 Å². The molecule has 1 aromatic carbocycles. The molecule has 0 saturated heterocycles. The monoisotopic (exact) mass is 424 g/mol. The lowest BCUT2D eigenvalue weighted by molar-refractivity contribution is -0.00417. The molecule has 0 radical (unpaired) electrons. The van der Waals surface area contributed by atoms with Crippen molar-refractivity contribution in [1.29, 1.82) is 0 Å². The van der Waals surface area contributed by atoms with Crippen LogP contribution in [-0.4, -0.2) is 38.1 Å². The Morgan fingerprint density at radius 2 is 1.94 bits per heavy atom. The van der Waals surface area contributed by atoms with Crippen molar-refractivity contribution < 1.29 is 4.79 Å². The molecule has 0 aliphatic heterocycles. The van der Waals surface area contributed by atoms with Crippen LogP contribution >= 0.6 is 0 Å². The number of pyridine rings is 1. The summed E-state index contributed by atoms with van der Waals surface area (Å²) in [6.45, 7) is 0. The van der Waals surface area contributed by atoms with Crippen molar-refractivity contribution in [3.63, 3.8) is 0 Å². The fourth-order valence-corrected chi connectivity index (χ4v) is 8.05. The van der Waals surface area contributed by atoms with Crippen molar-refractivity contribution in [3.8, 4) is 22.4 Å². The van der Waals surface area contributed by atoms with Gasteiger partial charge in [-0.2, -0.15) is 0 Å². The molecule has 1 spiro atoms. The van der Waals surface area contributed by atoms with Crippen molar-refractivity contribution in [2.24, 2.45) is 23.2 Å². The smallest absolute Gasteiger partial charge is 0.321 e. The third-order valence-corrected chi connectivity index (χ3v) is 9.39. The minimum Gasteiger partial charge on any atom is -0.321 e. The van der Waals surface area contributed by atoms with Crippen LogP contribution in [0.3, 0.4) is 0 Å². The predicted molar refractivity (Wildman–Crippen MR) is 123 cm³/mol. The second-order valence-corrected chi connectivity index (χ2v) is 10.8. The molecule has 32 heavy (non-hydrogen) atoms. The van der Waals surface area contributed by atoms with E-state index in [9.17, 15) is 4.79 Å². The molecule has 7 rings (SSSR count). The zero-order valence-electron chi connectivity index (χ0n) is 18.4. The van der Waals surface area contributed by atoms with Gasteiger partial charge >= 0.3 is 6.03 Å². The van der Waals surface area contributed by atoms with E-state index in [0.29, 0.717) is 5.41 Å². The Labute approximate surface area is 188 Å². The van der Waals surface area contributed by atoms with Gasteiger partial charge in [-0.05, 0) is 79.4 Å². The molecule has 5 heteroatoms. The summed E-state index contributed by atoms with van der Waals surface area (Å²) in [6.07, 6.45) is 15.1. The van der Waals surface area contributed by atoms with E-state index in [0.717, 1.165) is 40.1 Å². The molecular formula is C27H28N4O. The van der Waals surface area contributed by atoms with E-state index < -0.39 is 0 Å². The van der Waals surface area contributed by atoms with Crippen LogP contribution in [0, 0.1) is 23.2 Å². The fourth-order valence-electron chi connectivity index (χ4n) is 8.05. The van der Waals surface area contributed by atoms with Crippen LogP contribution in [0.5, 0.6) is 0 Å². The Bertz CT molecular complexity index is 1220. The molecule has 162 valence electrons. The lowest BCUT2D eigenvalue weighted by atomic mass is 9.56. The number of carbonyl (C=O) groups excluding carboxylic acids is 1. The Morgan fingerprint density at radius 3 is 2.81 bits per heavy atom. The average Bonchev–Trinajstić information content (AvgIpc) is 3.44. The SMILES string of the molecule is CN(C(=O)n1cnc(-c2cccc(-c3cccnc3)c2)c1)C12CC3CC4CC(C1)C4(C3)C2. The lowest BCUT2D eigenvalue weighted by Crippen LogP contribution is -2.52. The number of fused-ring (bicyclic) bond motifs is 2. The van der Waals surface area contributed by atoms with E-state index in [-0.39, 0.29) is 11.6 Å². The van der Waals surface area contributed by atoms with Crippen LogP contribution in [0.2, 0.25) is 0 Å².